The van der Waals surface area contributed by atoms with E-state index >= 15 is 0 Å². The lowest BCUT2D eigenvalue weighted by Gasteiger charge is -2.31. The molecular formula is C35H34BrN5O6. The number of nitrogens with zero attached hydrogens (tertiary/aromatic N) is 4. The summed E-state index contributed by atoms with van der Waals surface area (Å²) in [7, 11) is 3.10. The first-order chi connectivity index (χ1) is 22.9. The molecule has 1 aliphatic heterocycles. The minimum absolute atomic E-state index is 0.0384. The topological polar surface area (TPSA) is 147 Å². The third-order valence-corrected chi connectivity index (χ3v) is 8.47. The lowest BCUT2D eigenvalue weighted by atomic mass is 9.81. The Balaban J connectivity index is 1.62. The van der Waals surface area contributed by atoms with E-state index in [9.17, 15) is 10.3 Å². The first-order valence-corrected chi connectivity index (χ1v) is 15.7. The van der Waals surface area contributed by atoms with Crippen molar-refractivity contribution in [3.8, 4) is 17.2 Å². The second-order valence-electron chi connectivity index (χ2n) is 10.6. The molecule has 1 heterocycles. The molecule has 0 saturated carbocycles. The maximum absolute atomic E-state index is 14.7. The Bertz CT molecular complexity index is 1790. The summed E-state index contributed by atoms with van der Waals surface area (Å²) in [6.45, 7) is 0.534. The fraction of sp³-hybridized carbons (Fsp3) is 0.257. The first kappa shape index (κ1) is 33.3. The molecule has 12 heteroatoms. The molecule has 0 bridgehead atoms. The van der Waals surface area contributed by atoms with Gasteiger partial charge in [0.1, 0.15) is 5.75 Å². The van der Waals surface area contributed by atoms with Gasteiger partial charge in [0.2, 0.25) is 5.90 Å². The highest BCUT2D eigenvalue weighted by atomic mass is 79.9. The van der Waals surface area contributed by atoms with E-state index < -0.39 is 17.6 Å². The van der Waals surface area contributed by atoms with Gasteiger partial charge in [-0.2, -0.15) is 0 Å². The SMILES string of the molecule is COc1cccc(CNC(=O)[C@]2(Cc3ccccc3N=[N+]=[N-])N=C(c3ccc(OCCCO)cc3)O[C@@H]2c2ccccc2Br)c1OC. The normalized spacial score (nSPS) is 16.8. The number of aliphatic hydroxyl groups is 1. The van der Waals surface area contributed by atoms with E-state index in [1.54, 1.807) is 44.6 Å². The standard InChI is InChI=1S/C35H34BrN5O6/c1-44-30-14-7-10-25(31(30)45-2)22-38-34(43)35(21-24-9-3-6-13-29(24)40-41-37)32(27-11-4-5-12-28(27)36)47-33(39-35)23-15-17-26(18-16-23)46-20-8-19-42/h3-7,9-18,32,42H,8,19-22H2,1-2H3,(H,38,43)/t32-,35-/m1/s1. The van der Waals surface area contributed by atoms with Crippen LogP contribution in [0.4, 0.5) is 5.69 Å². The van der Waals surface area contributed by atoms with Crippen molar-refractivity contribution in [1.82, 2.24) is 5.32 Å². The molecule has 0 radical (unpaired) electrons. The van der Waals surface area contributed by atoms with E-state index in [0.717, 1.165) is 4.47 Å². The maximum atomic E-state index is 14.7. The van der Waals surface area contributed by atoms with Gasteiger partial charge in [-0.05, 0) is 47.5 Å². The summed E-state index contributed by atoms with van der Waals surface area (Å²) in [5.41, 5.74) is 10.8. The Labute approximate surface area is 280 Å². The Hall–Kier alpha value is -5.03. The average molecular weight is 701 g/mol. The van der Waals surface area contributed by atoms with Crippen LogP contribution in [0.1, 0.15) is 34.8 Å². The van der Waals surface area contributed by atoms with Crippen molar-refractivity contribution in [2.75, 3.05) is 27.4 Å². The number of hydrogen-bond acceptors (Lipinski definition) is 8. The predicted molar refractivity (Wildman–Crippen MR) is 181 cm³/mol. The van der Waals surface area contributed by atoms with Crippen LogP contribution in [0.25, 0.3) is 10.4 Å². The Morgan fingerprint density at radius 1 is 1.02 bits per heavy atom. The molecule has 0 saturated heterocycles. The smallest absolute Gasteiger partial charge is 0.252 e. The van der Waals surface area contributed by atoms with Crippen molar-refractivity contribution in [1.29, 1.82) is 0 Å². The molecule has 1 amide bonds. The quantitative estimate of drug-likeness (QED) is 0.0628. The number of hydrogen-bond donors (Lipinski definition) is 2. The second-order valence-corrected chi connectivity index (χ2v) is 11.5. The number of rotatable bonds is 14. The molecule has 2 N–H and O–H groups in total. The number of para-hydroxylation sites is 1. The zero-order valence-corrected chi connectivity index (χ0v) is 27.5. The molecule has 242 valence electrons. The Morgan fingerprint density at radius 2 is 1.77 bits per heavy atom. The zero-order chi connectivity index (χ0) is 33.2. The number of azide groups is 1. The Kier molecular flexibility index (Phi) is 11.0. The lowest BCUT2D eigenvalue weighted by molar-refractivity contribution is -0.129. The van der Waals surface area contributed by atoms with Crippen LogP contribution in [-0.4, -0.2) is 49.9 Å². The van der Waals surface area contributed by atoms with Crippen LogP contribution < -0.4 is 19.5 Å². The number of nitrogens with one attached hydrogen (secondary N) is 1. The van der Waals surface area contributed by atoms with Gasteiger partial charge < -0.3 is 29.4 Å². The van der Waals surface area contributed by atoms with E-state index in [2.05, 4.69) is 31.3 Å². The van der Waals surface area contributed by atoms with Crippen LogP contribution in [0.15, 0.2) is 106 Å². The fourth-order valence-corrected chi connectivity index (χ4v) is 5.96. The third-order valence-electron chi connectivity index (χ3n) is 7.75. The van der Waals surface area contributed by atoms with E-state index in [-0.39, 0.29) is 25.5 Å². The second kappa shape index (κ2) is 15.5. The number of benzene rings is 4. The van der Waals surface area contributed by atoms with E-state index in [0.29, 0.717) is 58.2 Å². The molecule has 0 unspecified atom stereocenters. The molecule has 0 aliphatic carbocycles. The van der Waals surface area contributed by atoms with Crippen molar-refractivity contribution < 1.29 is 28.8 Å². The van der Waals surface area contributed by atoms with Crippen molar-refractivity contribution in [2.24, 2.45) is 10.1 Å². The van der Waals surface area contributed by atoms with Gasteiger partial charge in [-0.15, -0.1) is 0 Å². The van der Waals surface area contributed by atoms with Crippen LogP contribution in [0.5, 0.6) is 17.2 Å². The van der Waals surface area contributed by atoms with Gasteiger partial charge in [0.25, 0.3) is 5.91 Å². The number of methoxy groups -OCH3 is 2. The van der Waals surface area contributed by atoms with Gasteiger partial charge in [-0.3, -0.25) is 4.79 Å². The summed E-state index contributed by atoms with van der Waals surface area (Å²) in [5, 5.41) is 16.1. The number of aliphatic hydroxyl groups excluding tert-OH is 1. The molecule has 0 spiro atoms. The molecule has 4 aromatic rings. The highest BCUT2D eigenvalue weighted by Crippen LogP contribution is 2.45. The Morgan fingerprint density at radius 3 is 2.49 bits per heavy atom. The molecule has 4 aromatic carbocycles. The summed E-state index contributed by atoms with van der Waals surface area (Å²) in [5.74, 6) is 1.54. The van der Waals surface area contributed by atoms with Gasteiger partial charge in [0.15, 0.2) is 23.1 Å². The van der Waals surface area contributed by atoms with Crippen LogP contribution >= 0.6 is 15.9 Å². The molecular weight excluding hydrogens is 666 g/mol. The first-order valence-electron chi connectivity index (χ1n) is 14.9. The average Bonchev–Trinajstić information content (AvgIpc) is 3.48. The van der Waals surface area contributed by atoms with Crippen LogP contribution in [0.3, 0.4) is 0 Å². The summed E-state index contributed by atoms with van der Waals surface area (Å²) in [4.78, 5) is 22.8. The number of halogens is 1. The van der Waals surface area contributed by atoms with E-state index in [1.807, 2.05) is 60.7 Å². The van der Waals surface area contributed by atoms with E-state index in [4.69, 9.17) is 29.0 Å². The van der Waals surface area contributed by atoms with Crippen LogP contribution in [0, 0.1) is 0 Å². The number of amides is 1. The molecule has 2 atom stereocenters. The molecule has 0 aromatic heterocycles. The molecule has 0 fully saturated rings. The van der Waals surface area contributed by atoms with Gasteiger partial charge >= 0.3 is 0 Å². The number of carbonyl (C=O) groups excluding carboxylic acids is 1. The summed E-state index contributed by atoms with van der Waals surface area (Å²) in [6, 6.07) is 27.3. The van der Waals surface area contributed by atoms with Gasteiger partial charge in [0, 0.05) is 57.8 Å². The van der Waals surface area contributed by atoms with Gasteiger partial charge in [-0.25, -0.2) is 4.99 Å². The number of aliphatic imine (C=N–C) groups is 1. The number of ether oxygens (including phenoxy) is 4. The highest BCUT2D eigenvalue weighted by molar-refractivity contribution is 9.10. The van der Waals surface area contributed by atoms with Crippen molar-refractivity contribution in [3.63, 3.8) is 0 Å². The van der Waals surface area contributed by atoms with Gasteiger partial charge in [0.05, 0.1) is 20.8 Å². The zero-order valence-electron chi connectivity index (χ0n) is 25.9. The van der Waals surface area contributed by atoms with Crippen LogP contribution in [-0.2, 0) is 22.5 Å². The van der Waals surface area contributed by atoms with Gasteiger partial charge in [-0.1, -0.05) is 75.6 Å². The minimum atomic E-state index is -1.54. The molecule has 1 aliphatic rings. The van der Waals surface area contributed by atoms with Crippen molar-refractivity contribution >= 4 is 33.4 Å². The predicted octanol–water partition coefficient (Wildman–Crippen LogP) is 6.99. The highest BCUT2D eigenvalue weighted by Gasteiger charge is 2.54. The van der Waals surface area contributed by atoms with Crippen molar-refractivity contribution in [3.05, 3.63) is 128 Å². The minimum Gasteiger partial charge on any atom is -0.494 e. The van der Waals surface area contributed by atoms with E-state index in [1.165, 1.54) is 0 Å². The monoisotopic (exact) mass is 699 g/mol. The third kappa shape index (κ3) is 7.36. The lowest BCUT2D eigenvalue weighted by Crippen LogP contribution is -2.49. The molecule has 47 heavy (non-hydrogen) atoms. The number of carbonyl (C=O) groups is 1. The van der Waals surface area contributed by atoms with Crippen LogP contribution in [0.2, 0.25) is 0 Å². The summed E-state index contributed by atoms with van der Waals surface area (Å²) in [6.07, 6.45) is -0.303. The summed E-state index contributed by atoms with van der Waals surface area (Å²) >= 11 is 3.66. The summed E-state index contributed by atoms with van der Waals surface area (Å²) < 4.78 is 24.1. The maximum Gasteiger partial charge on any atom is 0.252 e. The van der Waals surface area contributed by atoms with Crippen molar-refractivity contribution in [2.45, 2.75) is 31.0 Å². The fourth-order valence-electron chi connectivity index (χ4n) is 5.46. The largest absolute Gasteiger partial charge is 0.494 e. The molecule has 11 nitrogen and oxygen atoms in total. The molecule has 5 rings (SSSR count).